The average molecular weight is 320 g/mol. The molecule has 0 saturated carbocycles. The van der Waals surface area contributed by atoms with Crippen molar-refractivity contribution in [1.82, 2.24) is 10.2 Å². The normalized spacial score (nSPS) is 12.2. The van der Waals surface area contributed by atoms with E-state index in [2.05, 4.69) is 5.32 Å². The van der Waals surface area contributed by atoms with Gasteiger partial charge in [-0.25, -0.2) is 4.39 Å². The Labute approximate surface area is 135 Å². The van der Waals surface area contributed by atoms with Crippen molar-refractivity contribution >= 4 is 5.91 Å². The van der Waals surface area contributed by atoms with E-state index in [9.17, 15) is 9.18 Å². The molecule has 1 heterocycles. The Morgan fingerprint density at radius 1 is 1.26 bits per heavy atom. The number of furan rings is 1. The minimum atomic E-state index is -0.343. The standard InChI is InChI=1S/C17H21FN2O3/c1-12-4-9-16(23-12)15(20(2)3)10-19-17(21)11-22-14-7-5-13(18)6-8-14/h4-9,15H,10-11H2,1-3H3,(H,19,21)/t15-/m1/s1. The van der Waals surface area contributed by atoms with Gasteiger partial charge >= 0.3 is 0 Å². The molecule has 5 nitrogen and oxygen atoms in total. The van der Waals surface area contributed by atoms with E-state index < -0.39 is 0 Å². The van der Waals surface area contributed by atoms with Crippen LogP contribution >= 0.6 is 0 Å². The van der Waals surface area contributed by atoms with Gasteiger partial charge in [0.15, 0.2) is 6.61 Å². The van der Waals surface area contributed by atoms with Gasteiger partial charge in [-0.3, -0.25) is 9.69 Å². The summed E-state index contributed by atoms with van der Waals surface area (Å²) in [5.41, 5.74) is 0. The van der Waals surface area contributed by atoms with Crippen LogP contribution in [0.15, 0.2) is 40.8 Å². The van der Waals surface area contributed by atoms with Crippen molar-refractivity contribution in [2.75, 3.05) is 27.2 Å². The summed E-state index contributed by atoms with van der Waals surface area (Å²) >= 11 is 0. The highest BCUT2D eigenvalue weighted by molar-refractivity contribution is 5.77. The maximum Gasteiger partial charge on any atom is 0.258 e. The molecule has 0 saturated heterocycles. The summed E-state index contributed by atoms with van der Waals surface area (Å²) in [6, 6.07) is 9.28. The molecule has 6 heteroatoms. The van der Waals surface area contributed by atoms with Gasteiger partial charge in [-0.1, -0.05) is 0 Å². The minimum absolute atomic E-state index is 0.0570. The lowest BCUT2D eigenvalue weighted by atomic mass is 10.2. The van der Waals surface area contributed by atoms with E-state index in [1.165, 1.54) is 24.3 Å². The summed E-state index contributed by atoms with van der Waals surface area (Å²) in [5, 5.41) is 2.81. The zero-order valence-corrected chi connectivity index (χ0v) is 13.5. The zero-order valence-electron chi connectivity index (χ0n) is 13.5. The second kappa shape index (κ2) is 7.78. The number of halogens is 1. The van der Waals surface area contributed by atoms with Crippen molar-refractivity contribution < 1.29 is 18.3 Å². The number of amides is 1. The minimum Gasteiger partial charge on any atom is -0.484 e. The molecule has 23 heavy (non-hydrogen) atoms. The molecule has 0 bridgehead atoms. The molecule has 2 aromatic rings. The largest absolute Gasteiger partial charge is 0.484 e. The number of aryl methyl sites for hydroxylation is 1. The summed E-state index contributed by atoms with van der Waals surface area (Å²) in [7, 11) is 3.84. The molecule has 1 N–H and O–H groups in total. The summed E-state index contributed by atoms with van der Waals surface area (Å²) < 4.78 is 23.7. The molecule has 0 fully saturated rings. The van der Waals surface area contributed by atoms with Crippen LogP contribution < -0.4 is 10.1 Å². The highest BCUT2D eigenvalue weighted by atomic mass is 19.1. The Kier molecular flexibility index (Phi) is 5.76. The maximum absolute atomic E-state index is 12.8. The molecule has 0 unspecified atom stereocenters. The van der Waals surface area contributed by atoms with Crippen molar-refractivity contribution in [3.8, 4) is 5.75 Å². The van der Waals surface area contributed by atoms with E-state index in [-0.39, 0.29) is 24.4 Å². The van der Waals surface area contributed by atoms with E-state index in [1.807, 2.05) is 38.1 Å². The number of ether oxygens (including phenoxy) is 1. The highest BCUT2D eigenvalue weighted by Gasteiger charge is 2.18. The molecule has 2 rings (SSSR count). The lowest BCUT2D eigenvalue weighted by molar-refractivity contribution is -0.123. The van der Waals surface area contributed by atoms with Gasteiger partial charge < -0.3 is 14.5 Å². The van der Waals surface area contributed by atoms with E-state index in [0.29, 0.717) is 12.3 Å². The van der Waals surface area contributed by atoms with E-state index in [0.717, 1.165) is 11.5 Å². The summed E-state index contributed by atoms with van der Waals surface area (Å²) in [6.07, 6.45) is 0. The first-order chi connectivity index (χ1) is 11.0. The molecule has 0 aliphatic rings. The fourth-order valence-corrected chi connectivity index (χ4v) is 2.11. The SMILES string of the molecule is Cc1ccc([C@@H](CNC(=O)COc2ccc(F)cc2)N(C)C)o1. The Morgan fingerprint density at radius 2 is 1.96 bits per heavy atom. The zero-order chi connectivity index (χ0) is 16.8. The van der Waals surface area contributed by atoms with E-state index in [1.54, 1.807) is 0 Å². The van der Waals surface area contributed by atoms with Gasteiger partial charge in [0.2, 0.25) is 0 Å². The van der Waals surface area contributed by atoms with Crippen LogP contribution in [0.25, 0.3) is 0 Å². The van der Waals surface area contributed by atoms with Crippen molar-refractivity contribution in [2.24, 2.45) is 0 Å². The van der Waals surface area contributed by atoms with Gasteiger partial charge in [0.25, 0.3) is 5.91 Å². The summed E-state index contributed by atoms with van der Waals surface area (Å²) in [4.78, 5) is 13.9. The van der Waals surface area contributed by atoms with Crippen LogP contribution in [0.5, 0.6) is 5.75 Å². The lowest BCUT2D eigenvalue weighted by Crippen LogP contribution is -2.36. The number of hydrogen-bond acceptors (Lipinski definition) is 4. The average Bonchev–Trinajstić information content (AvgIpc) is 2.93. The smallest absolute Gasteiger partial charge is 0.258 e. The Bertz CT molecular complexity index is 638. The van der Waals surface area contributed by atoms with Crippen LogP contribution in [0.4, 0.5) is 4.39 Å². The van der Waals surface area contributed by atoms with Gasteiger partial charge in [0.1, 0.15) is 23.1 Å². The molecular weight excluding hydrogens is 299 g/mol. The van der Waals surface area contributed by atoms with Crippen molar-refractivity contribution in [3.63, 3.8) is 0 Å². The first kappa shape index (κ1) is 17.0. The first-order valence-electron chi connectivity index (χ1n) is 7.33. The van der Waals surface area contributed by atoms with Crippen LogP contribution in [-0.2, 0) is 4.79 Å². The molecule has 0 aliphatic carbocycles. The number of hydrogen-bond donors (Lipinski definition) is 1. The van der Waals surface area contributed by atoms with Gasteiger partial charge in [-0.05, 0) is 57.4 Å². The molecule has 1 amide bonds. The van der Waals surface area contributed by atoms with Crippen molar-refractivity contribution in [1.29, 1.82) is 0 Å². The Hall–Kier alpha value is -2.34. The fraction of sp³-hybridized carbons (Fsp3) is 0.353. The van der Waals surface area contributed by atoms with Crippen LogP contribution in [0.3, 0.4) is 0 Å². The van der Waals surface area contributed by atoms with Crippen LogP contribution in [0.2, 0.25) is 0 Å². The summed E-state index contributed by atoms with van der Waals surface area (Å²) in [5.74, 6) is 1.49. The van der Waals surface area contributed by atoms with E-state index >= 15 is 0 Å². The molecule has 1 aromatic carbocycles. The molecule has 1 atom stereocenters. The maximum atomic E-state index is 12.8. The number of carbonyl (C=O) groups is 1. The number of likely N-dealkylation sites (N-methyl/N-ethyl adjacent to an activating group) is 1. The number of benzene rings is 1. The predicted molar refractivity (Wildman–Crippen MR) is 84.8 cm³/mol. The third kappa shape index (κ3) is 5.10. The molecule has 1 aromatic heterocycles. The fourth-order valence-electron chi connectivity index (χ4n) is 2.11. The summed E-state index contributed by atoms with van der Waals surface area (Å²) in [6.45, 7) is 2.17. The number of rotatable bonds is 7. The molecular formula is C17H21FN2O3. The second-order valence-corrected chi connectivity index (χ2v) is 5.47. The third-order valence-electron chi connectivity index (χ3n) is 3.39. The monoisotopic (exact) mass is 320 g/mol. The van der Waals surface area contributed by atoms with Crippen molar-refractivity contribution in [3.05, 3.63) is 53.7 Å². The van der Waals surface area contributed by atoms with Crippen LogP contribution in [0.1, 0.15) is 17.6 Å². The van der Waals surface area contributed by atoms with Crippen molar-refractivity contribution in [2.45, 2.75) is 13.0 Å². The molecule has 0 spiro atoms. The van der Waals surface area contributed by atoms with Gasteiger partial charge in [-0.2, -0.15) is 0 Å². The molecule has 0 aliphatic heterocycles. The predicted octanol–water partition coefficient (Wildman–Crippen LogP) is 2.53. The number of carbonyl (C=O) groups excluding carboxylic acids is 1. The third-order valence-corrected chi connectivity index (χ3v) is 3.39. The molecule has 0 radical (unpaired) electrons. The number of nitrogens with one attached hydrogen (secondary N) is 1. The second-order valence-electron chi connectivity index (χ2n) is 5.47. The van der Waals surface area contributed by atoms with Crippen LogP contribution in [-0.4, -0.2) is 38.1 Å². The molecule has 124 valence electrons. The first-order valence-corrected chi connectivity index (χ1v) is 7.33. The number of nitrogens with zero attached hydrogens (tertiary/aromatic N) is 1. The Morgan fingerprint density at radius 3 is 2.52 bits per heavy atom. The van der Waals surface area contributed by atoms with Crippen LogP contribution in [0, 0.1) is 12.7 Å². The highest BCUT2D eigenvalue weighted by Crippen LogP contribution is 2.19. The lowest BCUT2D eigenvalue weighted by Gasteiger charge is -2.22. The quantitative estimate of drug-likeness (QED) is 0.852. The van der Waals surface area contributed by atoms with Gasteiger partial charge in [0, 0.05) is 6.54 Å². The van der Waals surface area contributed by atoms with Gasteiger partial charge in [-0.15, -0.1) is 0 Å². The van der Waals surface area contributed by atoms with Gasteiger partial charge in [0.05, 0.1) is 6.04 Å². The Balaban J connectivity index is 1.83. The topological polar surface area (TPSA) is 54.7 Å². The van der Waals surface area contributed by atoms with E-state index in [4.69, 9.17) is 9.15 Å².